The normalized spacial score (nSPS) is 17.9. The second-order valence-corrected chi connectivity index (χ2v) is 6.60. The summed E-state index contributed by atoms with van der Waals surface area (Å²) in [5.74, 6) is 0.0408. The summed E-state index contributed by atoms with van der Waals surface area (Å²) >= 11 is 0. The second-order valence-electron chi connectivity index (χ2n) is 6.60. The molecule has 3 rings (SSSR count). The van der Waals surface area contributed by atoms with Gasteiger partial charge < -0.3 is 9.80 Å². The van der Waals surface area contributed by atoms with Crippen molar-refractivity contribution in [3.8, 4) is 0 Å². The summed E-state index contributed by atoms with van der Waals surface area (Å²) in [5, 5.41) is 0. The summed E-state index contributed by atoms with van der Waals surface area (Å²) in [4.78, 5) is 28.6. The maximum atomic E-state index is 13.0. The van der Waals surface area contributed by atoms with Crippen LogP contribution in [0, 0.1) is 0 Å². The van der Waals surface area contributed by atoms with Gasteiger partial charge in [-0.1, -0.05) is 60.7 Å². The minimum absolute atomic E-state index is 0.00291. The Labute approximate surface area is 149 Å². The molecule has 1 aliphatic rings. The lowest BCUT2D eigenvalue weighted by Gasteiger charge is -2.38. The molecule has 4 nitrogen and oxygen atoms in total. The van der Waals surface area contributed by atoms with E-state index in [9.17, 15) is 9.59 Å². The number of nitrogens with zero attached hydrogens (tertiary/aromatic N) is 2. The average molecular weight is 336 g/mol. The van der Waals surface area contributed by atoms with Crippen LogP contribution in [0.15, 0.2) is 60.7 Å². The van der Waals surface area contributed by atoms with Crippen LogP contribution < -0.4 is 0 Å². The lowest BCUT2D eigenvalue weighted by atomic mass is 9.88. The zero-order valence-electron chi connectivity index (χ0n) is 14.8. The van der Waals surface area contributed by atoms with Crippen molar-refractivity contribution in [3.05, 3.63) is 71.8 Å². The standard InChI is InChI=1S/C21H24N2O2/c1-16-21(25)22(2)13-14-23(16)20(24)15-19(17-9-5-3-6-10-17)18-11-7-4-8-12-18/h3-12,16,19H,13-15H2,1-2H3. The van der Waals surface area contributed by atoms with Gasteiger partial charge in [0, 0.05) is 32.5 Å². The lowest BCUT2D eigenvalue weighted by Crippen LogP contribution is -2.56. The maximum absolute atomic E-state index is 13.0. The molecule has 0 saturated carbocycles. The Bertz CT molecular complexity index is 691. The molecule has 0 aliphatic carbocycles. The Morgan fingerprint density at radius 2 is 1.52 bits per heavy atom. The Morgan fingerprint density at radius 1 is 1.00 bits per heavy atom. The van der Waals surface area contributed by atoms with Crippen LogP contribution in [-0.4, -0.2) is 47.8 Å². The van der Waals surface area contributed by atoms with Crippen molar-refractivity contribution in [2.75, 3.05) is 20.1 Å². The molecule has 0 N–H and O–H groups in total. The molecule has 2 amide bonds. The SMILES string of the molecule is CC1C(=O)N(C)CCN1C(=O)CC(c1ccccc1)c1ccccc1. The van der Waals surface area contributed by atoms with Gasteiger partial charge in [-0.2, -0.15) is 0 Å². The number of amides is 2. The minimum atomic E-state index is -0.390. The van der Waals surface area contributed by atoms with Gasteiger partial charge in [0.1, 0.15) is 6.04 Å². The maximum Gasteiger partial charge on any atom is 0.244 e. The molecule has 2 aromatic carbocycles. The van der Waals surface area contributed by atoms with Crippen LogP contribution in [0.25, 0.3) is 0 Å². The van der Waals surface area contributed by atoms with Crippen LogP contribution in [0.1, 0.15) is 30.4 Å². The Kier molecular flexibility index (Phi) is 5.17. The third kappa shape index (κ3) is 3.73. The Balaban J connectivity index is 1.83. The molecular formula is C21H24N2O2. The van der Waals surface area contributed by atoms with E-state index < -0.39 is 6.04 Å². The van der Waals surface area contributed by atoms with Gasteiger partial charge in [0.05, 0.1) is 0 Å². The monoisotopic (exact) mass is 336 g/mol. The van der Waals surface area contributed by atoms with E-state index in [4.69, 9.17) is 0 Å². The molecule has 1 fully saturated rings. The summed E-state index contributed by atoms with van der Waals surface area (Å²) < 4.78 is 0. The number of hydrogen-bond acceptors (Lipinski definition) is 2. The van der Waals surface area contributed by atoms with Crippen molar-refractivity contribution >= 4 is 11.8 Å². The van der Waals surface area contributed by atoms with Gasteiger partial charge in [-0.05, 0) is 18.1 Å². The fourth-order valence-corrected chi connectivity index (χ4v) is 3.45. The van der Waals surface area contributed by atoms with Crippen LogP contribution in [0.3, 0.4) is 0 Å². The molecule has 2 aromatic rings. The molecular weight excluding hydrogens is 312 g/mol. The quantitative estimate of drug-likeness (QED) is 0.861. The van der Waals surface area contributed by atoms with E-state index in [1.807, 2.05) is 43.3 Å². The first-order chi connectivity index (χ1) is 12.1. The van der Waals surface area contributed by atoms with Gasteiger partial charge in [-0.25, -0.2) is 0 Å². The number of carbonyl (C=O) groups is 2. The Hall–Kier alpha value is -2.62. The number of rotatable bonds is 4. The molecule has 1 aliphatic heterocycles. The van der Waals surface area contributed by atoms with E-state index in [1.165, 1.54) is 0 Å². The van der Waals surface area contributed by atoms with Crippen molar-refractivity contribution in [2.45, 2.75) is 25.3 Å². The molecule has 1 unspecified atom stereocenters. The third-order valence-corrected chi connectivity index (χ3v) is 4.98. The fraction of sp³-hybridized carbons (Fsp3) is 0.333. The molecule has 4 heteroatoms. The molecule has 0 bridgehead atoms. The highest BCUT2D eigenvalue weighted by Crippen LogP contribution is 2.29. The van der Waals surface area contributed by atoms with Crippen LogP contribution in [-0.2, 0) is 9.59 Å². The fourth-order valence-electron chi connectivity index (χ4n) is 3.45. The van der Waals surface area contributed by atoms with E-state index in [-0.39, 0.29) is 17.7 Å². The largest absolute Gasteiger partial charge is 0.342 e. The highest BCUT2D eigenvalue weighted by Gasteiger charge is 2.33. The molecule has 1 heterocycles. The van der Waals surface area contributed by atoms with Gasteiger partial charge in [-0.3, -0.25) is 9.59 Å². The molecule has 0 aromatic heterocycles. The van der Waals surface area contributed by atoms with Crippen LogP contribution >= 0.6 is 0 Å². The topological polar surface area (TPSA) is 40.6 Å². The van der Waals surface area contributed by atoms with Crippen molar-refractivity contribution in [2.24, 2.45) is 0 Å². The van der Waals surface area contributed by atoms with Crippen LogP contribution in [0.2, 0.25) is 0 Å². The van der Waals surface area contributed by atoms with Gasteiger partial charge in [0.2, 0.25) is 11.8 Å². The van der Waals surface area contributed by atoms with Gasteiger partial charge in [-0.15, -0.1) is 0 Å². The predicted octanol–water partition coefficient (Wildman–Crippen LogP) is 2.90. The molecule has 0 spiro atoms. The van der Waals surface area contributed by atoms with E-state index in [1.54, 1.807) is 16.8 Å². The summed E-state index contributed by atoms with van der Waals surface area (Å²) in [5.41, 5.74) is 2.24. The molecule has 0 radical (unpaired) electrons. The summed E-state index contributed by atoms with van der Waals surface area (Å²) in [6.45, 7) is 3.00. The first-order valence-corrected chi connectivity index (χ1v) is 8.72. The summed E-state index contributed by atoms with van der Waals surface area (Å²) in [7, 11) is 1.79. The van der Waals surface area contributed by atoms with Crippen LogP contribution in [0.5, 0.6) is 0 Å². The smallest absolute Gasteiger partial charge is 0.244 e. The molecule has 130 valence electrons. The summed E-state index contributed by atoms with van der Waals surface area (Å²) in [6, 6.07) is 19.8. The highest BCUT2D eigenvalue weighted by atomic mass is 16.2. The second kappa shape index (κ2) is 7.51. The van der Waals surface area contributed by atoms with Crippen molar-refractivity contribution in [1.82, 2.24) is 9.80 Å². The highest BCUT2D eigenvalue weighted by molar-refractivity contribution is 5.88. The van der Waals surface area contributed by atoms with E-state index in [0.29, 0.717) is 19.5 Å². The number of piperazine rings is 1. The lowest BCUT2D eigenvalue weighted by molar-refractivity contribution is -0.149. The summed E-state index contributed by atoms with van der Waals surface area (Å²) in [6.07, 6.45) is 0.370. The van der Waals surface area contributed by atoms with Gasteiger partial charge in [0.15, 0.2) is 0 Å². The first kappa shape index (κ1) is 17.2. The average Bonchev–Trinajstić information content (AvgIpc) is 2.65. The predicted molar refractivity (Wildman–Crippen MR) is 98.2 cm³/mol. The molecule has 1 atom stereocenters. The molecule has 25 heavy (non-hydrogen) atoms. The zero-order chi connectivity index (χ0) is 17.8. The number of benzene rings is 2. The third-order valence-electron chi connectivity index (χ3n) is 4.98. The van der Waals surface area contributed by atoms with Crippen LogP contribution in [0.4, 0.5) is 0 Å². The minimum Gasteiger partial charge on any atom is -0.342 e. The van der Waals surface area contributed by atoms with Crippen molar-refractivity contribution in [3.63, 3.8) is 0 Å². The Morgan fingerprint density at radius 3 is 2.04 bits per heavy atom. The van der Waals surface area contributed by atoms with E-state index in [0.717, 1.165) is 11.1 Å². The van der Waals surface area contributed by atoms with Crippen molar-refractivity contribution < 1.29 is 9.59 Å². The number of likely N-dealkylation sites (N-methyl/N-ethyl adjacent to an activating group) is 1. The van der Waals surface area contributed by atoms with Gasteiger partial charge in [0.25, 0.3) is 0 Å². The molecule has 1 saturated heterocycles. The first-order valence-electron chi connectivity index (χ1n) is 8.72. The van der Waals surface area contributed by atoms with E-state index in [2.05, 4.69) is 24.3 Å². The number of carbonyl (C=O) groups excluding carboxylic acids is 2. The number of hydrogen-bond donors (Lipinski definition) is 0. The van der Waals surface area contributed by atoms with Crippen molar-refractivity contribution in [1.29, 1.82) is 0 Å². The zero-order valence-corrected chi connectivity index (χ0v) is 14.8. The van der Waals surface area contributed by atoms with E-state index >= 15 is 0 Å². The van der Waals surface area contributed by atoms with Gasteiger partial charge >= 0.3 is 0 Å².